The van der Waals surface area contributed by atoms with E-state index in [-0.39, 0.29) is 18.0 Å². The van der Waals surface area contributed by atoms with Gasteiger partial charge in [-0.2, -0.15) is 0 Å². The van der Waals surface area contributed by atoms with E-state index in [1.165, 1.54) is 33.3 Å². The van der Waals surface area contributed by atoms with Gasteiger partial charge in [-0.05, 0) is 45.1 Å². The molecule has 1 atom stereocenters. The third-order valence-corrected chi connectivity index (χ3v) is 3.62. The van der Waals surface area contributed by atoms with Crippen molar-refractivity contribution in [3.63, 3.8) is 0 Å². The van der Waals surface area contributed by atoms with E-state index in [0.29, 0.717) is 6.42 Å². The lowest BCUT2D eigenvalue weighted by Gasteiger charge is -2.05. The van der Waals surface area contributed by atoms with Crippen LogP contribution in [0.25, 0.3) is 0 Å². The molecule has 0 rings (SSSR count). The fraction of sp³-hybridized carbons (Fsp3) is 0.619. The number of methoxy groups -OCH3 is 1. The van der Waals surface area contributed by atoms with E-state index in [4.69, 9.17) is 4.74 Å². The van der Waals surface area contributed by atoms with Gasteiger partial charge in [0, 0.05) is 13.3 Å². The van der Waals surface area contributed by atoms with Gasteiger partial charge in [-0.25, -0.2) is 0 Å². The Labute approximate surface area is 153 Å². The summed E-state index contributed by atoms with van der Waals surface area (Å²) in [5.74, 6) is -0.357. The summed E-state index contributed by atoms with van der Waals surface area (Å²) in [5.41, 5.74) is 0. The third kappa shape index (κ3) is 18.3. The Morgan fingerprint density at radius 3 is 2.16 bits per heavy atom. The van der Waals surface area contributed by atoms with Crippen LogP contribution in [0.4, 0.5) is 0 Å². The van der Waals surface area contributed by atoms with Gasteiger partial charge in [-0.15, -0.1) is 0 Å². The molecular weight excluding hydrogens is 316 g/mol. The van der Waals surface area contributed by atoms with Crippen molar-refractivity contribution in [1.82, 2.24) is 0 Å². The maximum absolute atomic E-state index is 10.9. The van der Waals surface area contributed by atoms with E-state index in [2.05, 4.69) is 29.0 Å². The Kier molecular flexibility index (Phi) is 15.7. The first-order valence-corrected chi connectivity index (χ1v) is 9.27. The van der Waals surface area contributed by atoms with Gasteiger partial charge in [-0.3, -0.25) is 9.59 Å². The second-order valence-corrected chi connectivity index (χ2v) is 6.04. The molecule has 0 radical (unpaired) electrons. The second-order valence-electron chi connectivity index (χ2n) is 6.04. The molecule has 0 aromatic carbocycles. The van der Waals surface area contributed by atoms with Gasteiger partial charge in [0.1, 0.15) is 6.10 Å². The average molecular weight is 350 g/mol. The van der Waals surface area contributed by atoms with Crippen LogP contribution in [0.5, 0.6) is 0 Å². The van der Waals surface area contributed by atoms with Crippen LogP contribution in [-0.2, 0) is 19.1 Å². The van der Waals surface area contributed by atoms with Crippen LogP contribution < -0.4 is 0 Å². The van der Waals surface area contributed by atoms with Crippen LogP contribution >= 0.6 is 0 Å². The first-order valence-electron chi connectivity index (χ1n) is 9.27. The molecule has 0 aliphatic carbocycles. The van der Waals surface area contributed by atoms with Gasteiger partial charge in [0.15, 0.2) is 0 Å². The fourth-order valence-corrected chi connectivity index (χ4v) is 2.30. The number of carbonyl (C=O) groups excluding carboxylic acids is 2. The lowest BCUT2D eigenvalue weighted by molar-refractivity contribution is -0.143. The van der Waals surface area contributed by atoms with Crippen LogP contribution in [0, 0.1) is 0 Å². The molecule has 142 valence electrons. The Morgan fingerprint density at radius 1 is 0.880 bits per heavy atom. The summed E-state index contributed by atoms with van der Waals surface area (Å²) >= 11 is 0. The molecule has 0 bridgehead atoms. The molecule has 0 aliphatic heterocycles. The van der Waals surface area contributed by atoms with Crippen LogP contribution in [0.1, 0.15) is 71.6 Å². The normalized spacial score (nSPS) is 12.9. The number of allylic oxidation sites excluding steroid dienone is 5. The first-order chi connectivity index (χ1) is 12.1. The highest BCUT2D eigenvalue weighted by Gasteiger charge is 1.99. The van der Waals surface area contributed by atoms with Crippen LogP contribution in [-0.4, -0.2) is 25.2 Å². The molecule has 0 saturated heterocycles. The highest BCUT2D eigenvalue weighted by atomic mass is 16.5. The average Bonchev–Trinajstić information content (AvgIpc) is 2.57. The molecular formula is C21H34O4. The monoisotopic (exact) mass is 350 g/mol. The molecule has 4 nitrogen and oxygen atoms in total. The zero-order valence-electron chi connectivity index (χ0n) is 16.0. The Balaban J connectivity index is 3.44. The molecule has 4 heteroatoms. The third-order valence-electron chi connectivity index (χ3n) is 3.62. The summed E-state index contributed by atoms with van der Waals surface area (Å²) < 4.78 is 9.61. The lowest BCUT2D eigenvalue weighted by atomic mass is 10.1. The molecule has 0 aromatic heterocycles. The van der Waals surface area contributed by atoms with Gasteiger partial charge in [-0.1, -0.05) is 49.6 Å². The number of hydrogen-bond donors (Lipinski definition) is 0. The number of rotatable bonds is 14. The van der Waals surface area contributed by atoms with E-state index in [9.17, 15) is 9.59 Å². The first kappa shape index (κ1) is 23.2. The molecule has 0 fully saturated rings. The molecule has 25 heavy (non-hydrogen) atoms. The Bertz CT molecular complexity index is 435. The molecule has 1 unspecified atom stereocenters. The largest absolute Gasteiger partial charge is 0.469 e. The van der Waals surface area contributed by atoms with Crippen molar-refractivity contribution < 1.29 is 19.1 Å². The Hall–Kier alpha value is -1.84. The van der Waals surface area contributed by atoms with Crippen molar-refractivity contribution in [3.05, 3.63) is 36.5 Å². The molecule has 0 saturated carbocycles. The maximum Gasteiger partial charge on any atom is 0.305 e. The summed E-state index contributed by atoms with van der Waals surface area (Å²) in [7, 11) is 1.44. The van der Waals surface area contributed by atoms with Crippen molar-refractivity contribution in [2.45, 2.75) is 77.7 Å². The zero-order valence-corrected chi connectivity index (χ0v) is 16.0. The molecule has 0 amide bonds. The van der Waals surface area contributed by atoms with Crippen molar-refractivity contribution in [2.75, 3.05) is 7.11 Å². The van der Waals surface area contributed by atoms with Crippen LogP contribution in [0.2, 0.25) is 0 Å². The highest BCUT2D eigenvalue weighted by molar-refractivity contribution is 5.69. The predicted octanol–water partition coefficient (Wildman–Crippen LogP) is 5.29. The van der Waals surface area contributed by atoms with Crippen molar-refractivity contribution in [1.29, 1.82) is 0 Å². The standard InChI is InChI=1S/C21H34O4/c1-19(25-20(2)22)17-15-13-11-9-7-5-4-6-8-10-12-14-16-18-21(23)24-3/h4-5,9,11,15,17,19H,6-8,10,12-14,16,18H2,1-3H3/b5-4-,11-9-,17-15-. The van der Waals surface area contributed by atoms with Gasteiger partial charge in [0.25, 0.3) is 0 Å². The second kappa shape index (κ2) is 17.0. The summed E-state index contributed by atoms with van der Waals surface area (Å²) in [6.07, 6.45) is 21.5. The van der Waals surface area contributed by atoms with E-state index in [1.54, 1.807) is 0 Å². The smallest absolute Gasteiger partial charge is 0.305 e. The summed E-state index contributed by atoms with van der Waals surface area (Å²) in [5, 5.41) is 0. The topological polar surface area (TPSA) is 52.6 Å². The van der Waals surface area contributed by atoms with Crippen molar-refractivity contribution in [3.8, 4) is 0 Å². The Morgan fingerprint density at radius 2 is 1.48 bits per heavy atom. The fourth-order valence-electron chi connectivity index (χ4n) is 2.30. The van der Waals surface area contributed by atoms with Gasteiger partial charge >= 0.3 is 11.9 Å². The molecule has 0 aromatic rings. The highest BCUT2D eigenvalue weighted by Crippen LogP contribution is 2.08. The number of carbonyl (C=O) groups is 2. The minimum Gasteiger partial charge on any atom is -0.469 e. The molecule has 0 heterocycles. The van der Waals surface area contributed by atoms with Gasteiger partial charge < -0.3 is 9.47 Å². The van der Waals surface area contributed by atoms with Crippen LogP contribution in [0.15, 0.2) is 36.5 Å². The van der Waals surface area contributed by atoms with Gasteiger partial charge in [0.05, 0.1) is 7.11 Å². The molecule has 0 aliphatic rings. The lowest BCUT2D eigenvalue weighted by Crippen LogP contribution is -2.08. The van der Waals surface area contributed by atoms with E-state index in [1.807, 2.05) is 19.1 Å². The van der Waals surface area contributed by atoms with Crippen LogP contribution in [0.3, 0.4) is 0 Å². The minimum atomic E-state index is -0.251. The zero-order chi connectivity index (χ0) is 18.8. The van der Waals surface area contributed by atoms with Crippen molar-refractivity contribution >= 4 is 11.9 Å². The summed E-state index contributed by atoms with van der Waals surface area (Å²) in [4.78, 5) is 21.7. The quantitative estimate of drug-likeness (QED) is 0.243. The maximum atomic E-state index is 10.9. The van der Waals surface area contributed by atoms with Gasteiger partial charge in [0.2, 0.25) is 0 Å². The number of ether oxygens (including phenoxy) is 2. The number of hydrogen-bond acceptors (Lipinski definition) is 4. The minimum absolute atomic E-state index is 0.106. The number of unbranched alkanes of at least 4 members (excludes halogenated alkanes) is 5. The van der Waals surface area contributed by atoms with Crippen molar-refractivity contribution in [2.24, 2.45) is 0 Å². The summed E-state index contributed by atoms with van der Waals surface area (Å²) in [6, 6.07) is 0. The molecule has 0 spiro atoms. The summed E-state index contributed by atoms with van der Waals surface area (Å²) in [6.45, 7) is 3.27. The van der Waals surface area contributed by atoms with E-state index >= 15 is 0 Å². The SMILES string of the molecule is COC(=O)CCCCCCC/C=C\C/C=C\C/C=C\C(C)OC(C)=O. The van der Waals surface area contributed by atoms with E-state index in [0.717, 1.165) is 32.1 Å². The predicted molar refractivity (Wildman–Crippen MR) is 102 cm³/mol. The number of esters is 2. The molecule has 0 N–H and O–H groups in total. The van der Waals surface area contributed by atoms with E-state index < -0.39 is 0 Å².